The molecule has 5 heteroatoms. The zero-order valence-corrected chi connectivity index (χ0v) is 10.3. The lowest BCUT2D eigenvalue weighted by Crippen LogP contribution is -2.00. The molecule has 0 saturated heterocycles. The predicted octanol–water partition coefficient (Wildman–Crippen LogP) is 3.34. The molecule has 0 saturated carbocycles. The summed E-state index contributed by atoms with van der Waals surface area (Å²) in [6, 6.07) is 5.49. The Bertz CT molecular complexity index is 473. The normalized spacial score (nSPS) is 10.4. The van der Waals surface area contributed by atoms with Crippen molar-refractivity contribution >= 4 is 28.9 Å². The third-order valence-electron chi connectivity index (χ3n) is 2.24. The Morgan fingerprint density at radius 1 is 1.31 bits per heavy atom. The molecule has 0 fully saturated rings. The van der Waals surface area contributed by atoms with E-state index in [9.17, 15) is 0 Å². The van der Waals surface area contributed by atoms with E-state index in [0.29, 0.717) is 16.6 Å². The summed E-state index contributed by atoms with van der Waals surface area (Å²) < 4.78 is 1.73. The molecule has 2 aromatic rings. The molecule has 0 aliphatic heterocycles. The van der Waals surface area contributed by atoms with Crippen molar-refractivity contribution in [3.63, 3.8) is 0 Å². The molecule has 0 amide bonds. The molecule has 1 N–H and O–H groups in total. The van der Waals surface area contributed by atoms with Gasteiger partial charge in [0.15, 0.2) is 0 Å². The first-order chi connectivity index (χ1) is 7.66. The maximum absolute atomic E-state index is 6.06. The molecule has 1 aromatic heterocycles. The topological polar surface area (TPSA) is 29.9 Å². The van der Waals surface area contributed by atoms with Crippen LogP contribution in [0.2, 0.25) is 10.0 Å². The van der Waals surface area contributed by atoms with Gasteiger partial charge in [-0.1, -0.05) is 29.3 Å². The maximum atomic E-state index is 6.06. The Labute approximate surface area is 104 Å². The summed E-state index contributed by atoms with van der Waals surface area (Å²) in [7, 11) is 1.87. The molecule has 2 rings (SSSR count). The van der Waals surface area contributed by atoms with Crippen molar-refractivity contribution < 1.29 is 0 Å². The van der Waals surface area contributed by atoms with E-state index in [1.807, 2.05) is 31.4 Å². The highest BCUT2D eigenvalue weighted by atomic mass is 35.5. The van der Waals surface area contributed by atoms with Crippen molar-refractivity contribution in [1.29, 1.82) is 0 Å². The van der Waals surface area contributed by atoms with E-state index in [4.69, 9.17) is 23.2 Å². The van der Waals surface area contributed by atoms with Crippen LogP contribution in [0.25, 0.3) is 0 Å². The zero-order valence-electron chi connectivity index (χ0n) is 8.74. The minimum atomic E-state index is 0.588. The summed E-state index contributed by atoms with van der Waals surface area (Å²) in [4.78, 5) is 0. The van der Waals surface area contributed by atoms with Crippen molar-refractivity contribution in [3.05, 3.63) is 46.2 Å². The van der Waals surface area contributed by atoms with Gasteiger partial charge in [0.2, 0.25) is 0 Å². The number of nitrogens with zero attached hydrogens (tertiary/aromatic N) is 2. The number of aryl methyl sites for hydroxylation is 1. The molecule has 3 nitrogen and oxygen atoms in total. The average molecular weight is 256 g/mol. The van der Waals surface area contributed by atoms with Crippen LogP contribution in [0.5, 0.6) is 0 Å². The molecule has 84 valence electrons. The van der Waals surface area contributed by atoms with Crippen LogP contribution in [-0.4, -0.2) is 9.78 Å². The number of benzene rings is 1. The lowest BCUT2D eigenvalue weighted by atomic mass is 10.2. The molecule has 0 unspecified atom stereocenters. The van der Waals surface area contributed by atoms with Gasteiger partial charge in [0.05, 0.1) is 11.9 Å². The Balaban J connectivity index is 2.10. The highest BCUT2D eigenvalue weighted by molar-refractivity contribution is 6.36. The predicted molar refractivity (Wildman–Crippen MR) is 67.0 cm³/mol. The van der Waals surface area contributed by atoms with Crippen molar-refractivity contribution in [2.24, 2.45) is 7.05 Å². The number of anilines is 1. The van der Waals surface area contributed by atoms with Crippen molar-refractivity contribution in [3.8, 4) is 0 Å². The Kier molecular flexibility index (Phi) is 3.36. The molecule has 0 bridgehead atoms. The van der Waals surface area contributed by atoms with Gasteiger partial charge in [-0.2, -0.15) is 5.10 Å². The van der Waals surface area contributed by atoms with E-state index in [2.05, 4.69) is 10.4 Å². The first kappa shape index (κ1) is 11.3. The molecule has 0 aliphatic carbocycles. The average Bonchev–Trinajstić information content (AvgIpc) is 2.63. The van der Waals surface area contributed by atoms with E-state index in [0.717, 1.165) is 11.3 Å². The van der Waals surface area contributed by atoms with Crippen LogP contribution in [0, 0.1) is 0 Å². The largest absolute Gasteiger partial charge is 0.378 e. The molecule has 0 spiro atoms. The highest BCUT2D eigenvalue weighted by Gasteiger charge is 2.05. The molecule has 1 heterocycles. The monoisotopic (exact) mass is 255 g/mol. The van der Waals surface area contributed by atoms with Gasteiger partial charge in [0.1, 0.15) is 0 Å². The van der Waals surface area contributed by atoms with E-state index >= 15 is 0 Å². The highest BCUT2D eigenvalue weighted by Crippen LogP contribution is 2.24. The molecular weight excluding hydrogens is 245 g/mol. The van der Waals surface area contributed by atoms with Crippen LogP contribution in [-0.2, 0) is 13.6 Å². The van der Waals surface area contributed by atoms with Gasteiger partial charge in [-0.3, -0.25) is 4.68 Å². The summed E-state index contributed by atoms with van der Waals surface area (Å²) in [6.45, 7) is 0.588. The number of hydrogen-bond donors (Lipinski definition) is 1. The number of hydrogen-bond acceptors (Lipinski definition) is 2. The van der Waals surface area contributed by atoms with Crippen LogP contribution in [0.1, 0.15) is 5.56 Å². The molecule has 0 radical (unpaired) electrons. The van der Waals surface area contributed by atoms with Crippen molar-refractivity contribution in [2.75, 3.05) is 5.32 Å². The third kappa shape index (κ3) is 2.49. The number of rotatable bonds is 3. The Morgan fingerprint density at radius 2 is 2.00 bits per heavy atom. The summed E-state index contributed by atoms with van der Waals surface area (Å²) >= 11 is 12.1. The summed E-state index contributed by atoms with van der Waals surface area (Å²) in [5.41, 5.74) is 1.84. The fourth-order valence-electron chi connectivity index (χ4n) is 1.40. The molecule has 16 heavy (non-hydrogen) atoms. The molecule has 0 atom stereocenters. The number of nitrogens with one attached hydrogen (secondary N) is 1. The number of aromatic nitrogens is 2. The fourth-order valence-corrected chi connectivity index (χ4v) is 1.94. The minimum Gasteiger partial charge on any atom is -0.378 e. The van der Waals surface area contributed by atoms with Gasteiger partial charge < -0.3 is 5.32 Å². The lowest BCUT2D eigenvalue weighted by molar-refractivity contribution is 0.768. The fraction of sp³-hybridized carbons (Fsp3) is 0.182. The van der Waals surface area contributed by atoms with Crippen molar-refractivity contribution in [2.45, 2.75) is 6.54 Å². The van der Waals surface area contributed by atoms with Crippen LogP contribution < -0.4 is 5.32 Å². The van der Waals surface area contributed by atoms with E-state index < -0.39 is 0 Å². The second-order valence-electron chi connectivity index (χ2n) is 3.46. The molecule has 0 aliphatic rings. The van der Waals surface area contributed by atoms with Gasteiger partial charge in [-0.15, -0.1) is 0 Å². The van der Waals surface area contributed by atoms with E-state index in [-0.39, 0.29) is 0 Å². The summed E-state index contributed by atoms with van der Waals surface area (Å²) in [5.74, 6) is 0. The van der Waals surface area contributed by atoms with Crippen LogP contribution in [0.4, 0.5) is 5.69 Å². The maximum Gasteiger partial charge on any atom is 0.0729 e. The first-order valence-corrected chi connectivity index (χ1v) is 5.58. The van der Waals surface area contributed by atoms with Crippen LogP contribution >= 0.6 is 23.2 Å². The molecule has 1 aromatic carbocycles. The second kappa shape index (κ2) is 4.76. The number of halogens is 2. The Morgan fingerprint density at radius 3 is 2.56 bits per heavy atom. The van der Waals surface area contributed by atoms with Gasteiger partial charge in [-0.05, 0) is 12.1 Å². The van der Waals surface area contributed by atoms with Crippen LogP contribution in [0.15, 0.2) is 30.6 Å². The van der Waals surface area contributed by atoms with E-state index in [1.165, 1.54) is 0 Å². The zero-order chi connectivity index (χ0) is 11.5. The smallest absolute Gasteiger partial charge is 0.0729 e. The standard InChI is InChI=1S/C11H11Cl2N3/c1-16-7-8(5-15-16)14-6-9-10(12)3-2-4-11(9)13/h2-5,7,14H,6H2,1H3. The SMILES string of the molecule is Cn1cc(NCc2c(Cl)cccc2Cl)cn1. The van der Waals surface area contributed by atoms with Gasteiger partial charge in [-0.25, -0.2) is 0 Å². The van der Waals surface area contributed by atoms with Gasteiger partial charge in [0.25, 0.3) is 0 Å². The molecular formula is C11H11Cl2N3. The van der Waals surface area contributed by atoms with Gasteiger partial charge >= 0.3 is 0 Å². The third-order valence-corrected chi connectivity index (χ3v) is 2.94. The summed E-state index contributed by atoms with van der Waals surface area (Å²) in [6.07, 6.45) is 3.65. The summed E-state index contributed by atoms with van der Waals surface area (Å²) in [5, 5.41) is 8.61. The minimum absolute atomic E-state index is 0.588. The quantitative estimate of drug-likeness (QED) is 0.912. The Hall–Kier alpha value is -1.19. The second-order valence-corrected chi connectivity index (χ2v) is 4.27. The lowest BCUT2D eigenvalue weighted by Gasteiger charge is -2.07. The van der Waals surface area contributed by atoms with E-state index in [1.54, 1.807) is 10.9 Å². The van der Waals surface area contributed by atoms with Crippen LogP contribution in [0.3, 0.4) is 0 Å². The first-order valence-electron chi connectivity index (χ1n) is 4.82. The van der Waals surface area contributed by atoms with Crippen molar-refractivity contribution in [1.82, 2.24) is 9.78 Å². The van der Waals surface area contributed by atoms with Gasteiger partial charge in [0, 0.05) is 35.4 Å².